The summed E-state index contributed by atoms with van der Waals surface area (Å²) < 4.78 is 2.59. The minimum atomic E-state index is 0.197. The summed E-state index contributed by atoms with van der Waals surface area (Å²) in [6.45, 7) is 3.55. The van der Waals surface area contributed by atoms with Crippen molar-refractivity contribution in [3.05, 3.63) is 70.8 Å². The van der Waals surface area contributed by atoms with Crippen molar-refractivity contribution >= 4 is 27.4 Å². The topological polar surface area (TPSA) is 85.9 Å². The normalized spacial score (nSPS) is 16.8. The summed E-state index contributed by atoms with van der Waals surface area (Å²) in [4.78, 5) is 7.12. The summed E-state index contributed by atoms with van der Waals surface area (Å²) >= 11 is 3.54. The molecule has 7 nitrogen and oxygen atoms in total. The Bertz CT molecular complexity index is 1270. The maximum absolute atomic E-state index is 10.3. The second-order valence-corrected chi connectivity index (χ2v) is 9.38. The number of para-hydroxylation sites is 2. The molecule has 0 radical (unpaired) electrons. The summed E-state index contributed by atoms with van der Waals surface area (Å²) in [7, 11) is 0. The Morgan fingerprint density at radius 3 is 2.67 bits per heavy atom. The average Bonchev–Trinajstić information content (AvgIpc) is 3.20. The van der Waals surface area contributed by atoms with Crippen LogP contribution in [0.25, 0.3) is 16.9 Å². The van der Waals surface area contributed by atoms with Crippen LogP contribution < -0.4 is 5.32 Å². The minimum absolute atomic E-state index is 0.197. The number of hydrogen-bond donors (Lipinski definition) is 3. The molecule has 8 heteroatoms. The van der Waals surface area contributed by atoms with Gasteiger partial charge in [-0.25, -0.2) is 4.98 Å². The molecule has 0 spiro atoms. The fourth-order valence-electron chi connectivity index (χ4n) is 4.49. The van der Waals surface area contributed by atoms with Crippen LogP contribution in [0.15, 0.2) is 65.3 Å². The third-order valence-corrected chi connectivity index (χ3v) is 6.73. The van der Waals surface area contributed by atoms with Crippen LogP contribution >= 0.6 is 15.9 Å². The largest absolute Gasteiger partial charge is 0.508 e. The molecule has 0 saturated carbocycles. The number of aromatic hydroxyl groups is 2. The zero-order valence-corrected chi connectivity index (χ0v) is 19.7. The Labute approximate surface area is 200 Å². The summed E-state index contributed by atoms with van der Waals surface area (Å²) in [5, 5.41) is 28.5. The number of likely N-dealkylation sites (tertiary alicyclic amines) is 1. The fraction of sp³-hybridized carbons (Fsp3) is 0.280. The molecule has 170 valence electrons. The Morgan fingerprint density at radius 1 is 1.06 bits per heavy atom. The van der Waals surface area contributed by atoms with Crippen LogP contribution in [0.3, 0.4) is 0 Å². The van der Waals surface area contributed by atoms with Crippen molar-refractivity contribution in [3.8, 4) is 22.8 Å². The monoisotopic (exact) mass is 507 g/mol. The second-order valence-electron chi connectivity index (χ2n) is 8.52. The van der Waals surface area contributed by atoms with Crippen LogP contribution in [0.1, 0.15) is 18.4 Å². The molecule has 1 saturated heterocycles. The zero-order chi connectivity index (χ0) is 22.8. The standard InChI is InChI=1S/C25H26BrN5O2/c26-20-14-28-31-24(12-21(29-25(20)31)19-8-2-4-10-23(19)33)27-13-17-6-5-11-30(15-17)16-18-7-1-3-9-22(18)32/h1-4,7-10,12,14,17,27,32-33H,5-6,11,13,15-16H2. The van der Waals surface area contributed by atoms with E-state index in [4.69, 9.17) is 4.98 Å². The lowest BCUT2D eigenvalue weighted by atomic mass is 9.97. The first-order valence-electron chi connectivity index (χ1n) is 11.1. The number of nitrogens with zero attached hydrogens (tertiary/aromatic N) is 4. The van der Waals surface area contributed by atoms with Crippen molar-refractivity contribution in [2.45, 2.75) is 19.4 Å². The maximum atomic E-state index is 10.3. The molecule has 1 atom stereocenters. The molecule has 0 amide bonds. The van der Waals surface area contributed by atoms with E-state index in [1.807, 2.05) is 36.4 Å². The van der Waals surface area contributed by atoms with Crippen molar-refractivity contribution in [1.29, 1.82) is 0 Å². The first-order valence-corrected chi connectivity index (χ1v) is 11.9. The second kappa shape index (κ2) is 9.41. The Hall–Kier alpha value is -3.10. The molecule has 1 unspecified atom stereocenters. The van der Waals surface area contributed by atoms with Gasteiger partial charge in [0.2, 0.25) is 0 Å². The summed E-state index contributed by atoms with van der Waals surface area (Å²) in [5.41, 5.74) is 3.04. The van der Waals surface area contributed by atoms with Crippen LogP contribution in [-0.4, -0.2) is 49.3 Å². The van der Waals surface area contributed by atoms with Gasteiger partial charge in [0, 0.05) is 36.8 Å². The number of aromatic nitrogens is 3. The van der Waals surface area contributed by atoms with Gasteiger partial charge in [-0.3, -0.25) is 4.90 Å². The van der Waals surface area contributed by atoms with Gasteiger partial charge >= 0.3 is 0 Å². The van der Waals surface area contributed by atoms with Crippen LogP contribution in [0.4, 0.5) is 5.82 Å². The number of hydrogen-bond acceptors (Lipinski definition) is 6. The molecule has 5 rings (SSSR count). The van der Waals surface area contributed by atoms with E-state index in [0.29, 0.717) is 28.6 Å². The van der Waals surface area contributed by atoms with Gasteiger partial charge in [-0.2, -0.15) is 9.61 Å². The van der Waals surface area contributed by atoms with Gasteiger partial charge in [0.1, 0.15) is 17.3 Å². The third kappa shape index (κ3) is 4.67. The highest BCUT2D eigenvalue weighted by molar-refractivity contribution is 9.10. The van der Waals surface area contributed by atoms with Crippen molar-refractivity contribution in [1.82, 2.24) is 19.5 Å². The van der Waals surface area contributed by atoms with Crippen molar-refractivity contribution in [2.24, 2.45) is 5.92 Å². The molecular weight excluding hydrogens is 482 g/mol. The Kier molecular flexibility index (Phi) is 6.20. The number of phenols is 2. The van der Waals surface area contributed by atoms with Crippen molar-refractivity contribution in [3.63, 3.8) is 0 Å². The first-order chi connectivity index (χ1) is 16.1. The molecule has 2 aromatic carbocycles. The molecule has 0 bridgehead atoms. The van der Waals surface area contributed by atoms with Crippen LogP contribution in [0.5, 0.6) is 11.5 Å². The quantitative estimate of drug-likeness (QED) is 0.344. The van der Waals surface area contributed by atoms with E-state index in [0.717, 1.165) is 54.9 Å². The van der Waals surface area contributed by atoms with E-state index < -0.39 is 0 Å². The lowest BCUT2D eigenvalue weighted by Crippen LogP contribution is -2.37. The Morgan fingerprint density at radius 2 is 1.85 bits per heavy atom. The summed E-state index contributed by atoms with van der Waals surface area (Å²) in [6, 6.07) is 16.7. The molecular formula is C25H26BrN5O2. The molecule has 3 heterocycles. The third-order valence-electron chi connectivity index (χ3n) is 6.17. The van der Waals surface area contributed by atoms with E-state index in [1.54, 1.807) is 28.9 Å². The van der Waals surface area contributed by atoms with Gasteiger partial charge in [0.15, 0.2) is 5.65 Å². The number of fused-ring (bicyclic) bond motifs is 1. The predicted octanol–water partition coefficient (Wildman–Crippen LogP) is 4.89. The van der Waals surface area contributed by atoms with Crippen molar-refractivity contribution < 1.29 is 10.2 Å². The predicted molar refractivity (Wildman–Crippen MR) is 132 cm³/mol. The number of nitrogens with one attached hydrogen (secondary N) is 1. The van der Waals surface area contributed by atoms with E-state index >= 15 is 0 Å². The molecule has 3 N–H and O–H groups in total. The van der Waals surface area contributed by atoms with Gasteiger partial charge in [-0.15, -0.1) is 0 Å². The number of rotatable bonds is 6. The summed E-state index contributed by atoms with van der Waals surface area (Å²) in [6.07, 6.45) is 4.01. The number of halogens is 1. The lowest BCUT2D eigenvalue weighted by Gasteiger charge is -2.33. The molecule has 2 aromatic heterocycles. The number of anilines is 1. The Balaban J connectivity index is 1.34. The SMILES string of the molecule is Oc1ccccc1CN1CCCC(CNc2cc(-c3ccccc3O)nc3c(Br)cnn23)C1. The number of phenolic OH excluding ortho intramolecular Hbond substituents is 2. The fourth-order valence-corrected chi connectivity index (χ4v) is 4.83. The minimum Gasteiger partial charge on any atom is -0.508 e. The van der Waals surface area contributed by atoms with Crippen LogP contribution in [0.2, 0.25) is 0 Å². The molecule has 1 aliphatic heterocycles. The highest BCUT2D eigenvalue weighted by atomic mass is 79.9. The molecule has 4 aromatic rings. The van der Waals surface area contributed by atoms with Crippen LogP contribution in [0, 0.1) is 5.92 Å². The van der Waals surface area contributed by atoms with Gasteiger partial charge in [0.25, 0.3) is 0 Å². The number of benzene rings is 2. The van der Waals surface area contributed by atoms with E-state index in [-0.39, 0.29) is 5.75 Å². The van der Waals surface area contributed by atoms with Gasteiger partial charge < -0.3 is 15.5 Å². The van der Waals surface area contributed by atoms with Crippen molar-refractivity contribution in [2.75, 3.05) is 25.0 Å². The average molecular weight is 508 g/mol. The van der Waals surface area contributed by atoms with E-state index in [2.05, 4.69) is 31.2 Å². The van der Waals surface area contributed by atoms with Gasteiger partial charge in [0.05, 0.1) is 16.4 Å². The molecule has 1 aliphatic rings. The smallest absolute Gasteiger partial charge is 0.172 e. The molecule has 1 fully saturated rings. The molecule has 0 aliphatic carbocycles. The summed E-state index contributed by atoms with van der Waals surface area (Å²) in [5.74, 6) is 1.86. The highest BCUT2D eigenvalue weighted by Crippen LogP contribution is 2.31. The van der Waals surface area contributed by atoms with Gasteiger partial charge in [-0.1, -0.05) is 30.3 Å². The number of piperidine rings is 1. The van der Waals surface area contributed by atoms with Gasteiger partial charge in [-0.05, 0) is 59.4 Å². The maximum Gasteiger partial charge on any atom is 0.172 e. The first kappa shape index (κ1) is 21.7. The lowest BCUT2D eigenvalue weighted by molar-refractivity contribution is 0.171. The van der Waals surface area contributed by atoms with Crippen LogP contribution in [-0.2, 0) is 6.54 Å². The zero-order valence-electron chi connectivity index (χ0n) is 18.2. The van der Waals surface area contributed by atoms with E-state index in [9.17, 15) is 10.2 Å². The molecule has 33 heavy (non-hydrogen) atoms. The highest BCUT2D eigenvalue weighted by Gasteiger charge is 2.21. The van der Waals surface area contributed by atoms with E-state index in [1.165, 1.54) is 0 Å².